The molecule has 2 atom stereocenters. The summed E-state index contributed by atoms with van der Waals surface area (Å²) in [5, 5.41) is 5.75. The Morgan fingerprint density at radius 2 is 1.75 bits per heavy atom. The quantitative estimate of drug-likeness (QED) is 0.835. The van der Waals surface area contributed by atoms with Gasteiger partial charge in [-0.2, -0.15) is 0 Å². The van der Waals surface area contributed by atoms with Gasteiger partial charge in [0.15, 0.2) is 0 Å². The second kappa shape index (κ2) is 7.46. The molecule has 2 aliphatic rings. The van der Waals surface area contributed by atoms with Gasteiger partial charge in [-0.25, -0.2) is 0 Å². The smallest absolute Gasteiger partial charge is 0.255 e. The van der Waals surface area contributed by atoms with Crippen LogP contribution >= 0.6 is 0 Å². The van der Waals surface area contributed by atoms with Crippen LogP contribution < -0.4 is 15.5 Å². The van der Waals surface area contributed by atoms with Crippen LogP contribution in [-0.4, -0.2) is 24.3 Å². The first kappa shape index (κ1) is 18.2. The Bertz CT molecular complexity index is 940. The molecule has 28 heavy (non-hydrogen) atoms. The normalized spacial score (nSPS) is 20.8. The Balaban J connectivity index is 1.44. The summed E-state index contributed by atoms with van der Waals surface area (Å²) < 4.78 is 0. The number of nitrogens with zero attached hydrogens (tertiary/aromatic N) is 1. The van der Waals surface area contributed by atoms with Crippen molar-refractivity contribution >= 4 is 34.8 Å². The maximum absolute atomic E-state index is 12.6. The molecule has 0 radical (unpaired) electrons. The third kappa shape index (κ3) is 3.91. The first-order chi connectivity index (χ1) is 13.5. The van der Waals surface area contributed by atoms with E-state index in [0.717, 1.165) is 18.5 Å². The van der Waals surface area contributed by atoms with E-state index >= 15 is 0 Å². The van der Waals surface area contributed by atoms with Crippen LogP contribution in [0.4, 0.5) is 17.1 Å². The van der Waals surface area contributed by atoms with Gasteiger partial charge in [0.2, 0.25) is 11.8 Å². The van der Waals surface area contributed by atoms with E-state index in [1.807, 2.05) is 12.1 Å². The van der Waals surface area contributed by atoms with Crippen LogP contribution in [0.2, 0.25) is 0 Å². The monoisotopic (exact) mass is 377 g/mol. The number of benzene rings is 2. The van der Waals surface area contributed by atoms with E-state index in [1.165, 1.54) is 0 Å². The standard InChI is InChI=1S/C22H23N3O3/c1-14-11-19(14)22(28)24-16-6-2-5-15(12-16)21(27)23-17-7-3-8-18(13-17)25-10-4-9-20(25)26/h2-3,5-8,12-14,19H,4,9-11H2,1H3,(H,23,27)(H,24,28). The molecule has 1 saturated carbocycles. The third-order valence-electron chi connectivity index (χ3n) is 5.33. The van der Waals surface area contributed by atoms with Crippen molar-refractivity contribution in [1.29, 1.82) is 0 Å². The zero-order chi connectivity index (χ0) is 19.7. The van der Waals surface area contributed by atoms with E-state index in [9.17, 15) is 14.4 Å². The van der Waals surface area contributed by atoms with Crippen molar-refractivity contribution in [3.05, 3.63) is 54.1 Å². The summed E-state index contributed by atoms with van der Waals surface area (Å²) in [5.41, 5.74) is 2.50. The molecule has 2 aromatic rings. The average molecular weight is 377 g/mol. The SMILES string of the molecule is CC1CC1C(=O)Nc1cccc(C(=O)Nc2cccc(N3CCCC3=O)c2)c1. The summed E-state index contributed by atoms with van der Waals surface area (Å²) in [4.78, 5) is 38.4. The molecule has 1 heterocycles. The predicted octanol–water partition coefficient (Wildman–Crippen LogP) is 3.66. The number of carbonyl (C=O) groups is 3. The predicted molar refractivity (Wildman–Crippen MR) is 108 cm³/mol. The third-order valence-corrected chi connectivity index (χ3v) is 5.33. The Labute approximate surface area is 163 Å². The van der Waals surface area contributed by atoms with Crippen molar-refractivity contribution in [2.24, 2.45) is 11.8 Å². The Hall–Kier alpha value is -3.15. The molecule has 2 fully saturated rings. The van der Waals surface area contributed by atoms with Crippen molar-refractivity contribution in [2.75, 3.05) is 22.1 Å². The number of hydrogen-bond acceptors (Lipinski definition) is 3. The van der Waals surface area contributed by atoms with Crippen LogP contribution in [0.5, 0.6) is 0 Å². The van der Waals surface area contributed by atoms with Crippen molar-refractivity contribution in [2.45, 2.75) is 26.2 Å². The summed E-state index contributed by atoms with van der Waals surface area (Å²) in [6, 6.07) is 14.2. The average Bonchev–Trinajstić information content (AvgIpc) is 3.27. The highest BCUT2D eigenvalue weighted by Gasteiger charge is 2.39. The number of hydrogen-bond donors (Lipinski definition) is 2. The molecule has 144 valence electrons. The first-order valence-electron chi connectivity index (χ1n) is 9.64. The Morgan fingerprint density at radius 3 is 2.43 bits per heavy atom. The van der Waals surface area contributed by atoms with Gasteiger partial charge in [0.25, 0.3) is 5.91 Å². The largest absolute Gasteiger partial charge is 0.326 e. The maximum Gasteiger partial charge on any atom is 0.255 e. The number of carbonyl (C=O) groups excluding carboxylic acids is 3. The lowest BCUT2D eigenvalue weighted by molar-refractivity contribution is -0.118. The Morgan fingerprint density at radius 1 is 1.04 bits per heavy atom. The molecular formula is C22H23N3O3. The highest BCUT2D eigenvalue weighted by atomic mass is 16.2. The topological polar surface area (TPSA) is 78.5 Å². The second-order valence-corrected chi connectivity index (χ2v) is 7.54. The van der Waals surface area contributed by atoms with Crippen LogP contribution in [0.15, 0.2) is 48.5 Å². The van der Waals surface area contributed by atoms with Gasteiger partial charge in [0.05, 0.1) is 0 Å². The van der Waals surface area contributed by atoms with Crippen LogP contribution in [0.3, 0.4) is 0 Å². The molecule has 6 heteroatoms. The fourth-order valence-corrected chi connectivity index (χ4v) is 3.54. The lowest BCUT2D eigenvalue weighted by Crippen LogP contribution is -2.23. The fraction of sp³-hybridized carbons (Fsp3) is 0.318. The van der Waals surface area contributed by atoms with Crippen molar-refractivity contribution in [3.8, 4) is 0 Å². The summed E-state index contributed by atoms with van der Waals surface area (Å²) in [7, 11) is 0. The second-order valence-electron chi connectivity index (χ2n) is 7.54. The molecule has 4 rings (SSSR count). The molecule has 1 saturated heterocycles. The van der Waals surface area contributed by atoms with Gasteiger partial charge < -0.3 is 15.5 Å². The number of amides is 3. The van der Waals surface area contributed by atoms with Gasteiger partial charge in [-0.3, -0.25) is 14.4 Å². The molecule has 0 bridgehead atoms. The molecule has 2 N–H and O–H groups in total. The van der Waals surface area contributed by atoms with Gasteiger partial charge >= 0.3 is 0 Å². The summed E-state index contributed by atoms with van der Waals surface area (Å²) in [5.74, 6) is 0.362. The van der Waals surface area contributed by atoms with Crippen LogP contribution in [0.25, 0.3) is 0 Å². The van der Waals surface area contributed by atoms with Crippen LogP contribution in [0, 0.1) is 11.8 Å². The van der Waals surface area contributed by atoms with E-state index in [0.29, 0.717) is 35.8 Å². The molecule has 1 aliphatic carbocycles. The summed E-state index contributed by atoms with van der Waals surface area (Å²) in [6.07, 6.45) is 2.34. The molecule has 0 aromatic heterocycles. The molecule has 2 unspecified atom stereocenters. The maximum atomic E-state index is 12.6. The zero-order valence-electron chi connectivity index (χ0n) is 15.8. The minimum atomic E-state index is -0.263. The highest BCUT2D eigenvalue weighted by molar-refractivity contribution is 6.06. The van der Waals surface area contributed by atoms with E-state index < -0.39 is 0 Å². The lowest BCUT2D eigenvalue weighted by atomic mass is 10.1. The van der Waals surface area contributed by atoms with E-state index in [-0.39, 0.29) is 23.6 Å². The van der Waals surface area contributed by atoms with Crippen LogP contribution in [-0.2, 0) is 9.59 Å². The van der Waals surface area contributed by atoms with E-state index in [4.69, 9.17) is 0 Å². The summed E-state index contributed by atoms with van der Waals surface area (Å²) in [6.45, 7) is 2.76. The molecule has 1 aliphatic heterocycles. The van der Waals surface area contributed by atoms with Crippen molar-refractivity contribution < 1.29 is 14.4 Å². The summed E-state index contributed by atoms with van der Waals surface area (Å²) >= 11 is 0. The minimum Gasteiger partial charge on any atom is -0.326 e. The molecule has 3 amide bonds. The van der Waals surface area contributed by atoms with Gasteiger partial charge in [-0.05, 0) is 55.2 Å². The zero-order valence-corrected chi connectivity index (χ0v) is 15.8. The molecular weight excluding hydrogens is 354 g/mol. The van der Waals surface area contributed by atoms with E-state index in [2.05, 4.69) is 17.6 Å². The van der Waals surface area contributed by atoms with E-state index in [1.54, 1.807) is 41.3 Å². The number of nitrogens with one attached hydrogen (secondary N) is 2. The molecule has 2 aromatic carbocycles. The van der Waals surface area contributed by atoms with Gasteiger partial charge in [0, 0.05) is 41.5 Å². The van der Waals surface area contributed by atoms with Gasteiger partial charge in [0.1, 0.15) is 0 Å². The molecule has 0 spiro atoms. The number of anilines is 3. The fourth-order valence-electron chi connectivity index (χ4n) is 3.54. The van der Waals surface area contributed by atoms with Crippen LogP contribution in [0.1, 0.15) is 36.5 Å². The van der Waals surface area contributed by atoms with Crippen molar-refractivity contribution in [3.63, 3.8) is 0 Å². The number of rotatable bonds is 5. The Kier molecular flexibility index (Phi) is 4.86. The van der Waals surface area contributed by atoms with Crippen molar-refractivity contribution in [1.82, 2.24) is 0 Å². The molecule has 6 nitrogen and oxygen atoms in total. The minimum absolute atomic E-state index is 0.00744. The van der Waals surface area contributed by atoms with Gasteiger partial charge in [-0.15, -0.1) is 0 Å². The van der Waals surface area contributed by atoms with Gasteiger partial charge in [-0.1, -0.05) is 19.1 Å². The first-order valence-corrected chi connectivity index (χ1v) is 9.64. The lowest BCUT2D eigenvalue weighted by Gasteiger charge is -2.17. The highest BCUT2D eigenvalue weighted by Crippen LogP contribution is 2.38.